The van der Waals surface area contributed by atoms with Crippen LogP contribution in [0.25, 0.3) is 21.8 Å². The lowest BCUT2D eigenvalue weighted by Gasteiger charge is -1.99. The van der Waals surface area contributed by atoms with Gasteiger partial charge in [-0.15, -0.1) is 15.0 Å². The first kappa shape index (κ1) is 11.7. The van der Waals surface area contributed by atoms with E-state index in [2.05, 4.69) is 32.8 Å². The van der Waals surface area contributed by atoms with Crippen LogP contribution in [0.2, 0.25) is 0 Å². The minimum atomic E-state index is 0.800. The molecule has 0 fully saturated rings. The Labute approximate surface area is 120 Å². The van der Waals surface area contributed by atoms with E-state index in [1.165, 1.54) is 4.79 Å². The van der Waals surface area contributed by atoms with Crippen molar-refractivity contribution in [1.82, 2.24) is 15.1 Å². The fourth-order valence-corrected chi connectivity index (χ4v) is 2.31. The lowest BCUT2D eigenvalue weighted by Crippen LogP contribution is -1.89. The van der Waals surface area contributed by atoms with Gasteiger partial charge in [0.05, 0.1) is 5.69 Å². The highest BCUT2D eigenvalue weighted by molar-refractivity contribution is 5.92. The first-order valence-corrected chi connectivity index (χ1v) is 6.62. The Balaban J connectivity index is 1.81. The Morgan fingerprint density at radius 2 is 1.62 bits per heavy atom. The van der Waals surface area contributed by atoms with Gasteiger partial charge in [0, 0.05) is 5.39 Å². The normalized spacial score (nSPS) is 11.6. The molecule has 0 saturated carbocycles. The van der Waals surface area contributed by atoms with E-state index in [-0.39, 0.29) is 0 Å². The van der Waals surface area contributed by atoms with Crippen LogP contribution in [-0.4, -0.2) is 15.1 Å². The van der Waals surface area contributed by atoms with E-state index in [4.69, 9.17) is 0 Å². The Bertz CT molecular complexity index is 950. The van der Waals surface area contributed by atoms with Gasteiger partial charge in [-0.05, 0) is 34.0 Å². The highest BCUT2D eigenvalue weighted by Gasteiger charge is 2.02. The molecule has 0 N–H and O–H groups in total. The van der Waals surface area contributed by atoms with E-state index < -0.39 is 0 Å². The maximum atomic E-state index is 4.31. The molecule has 5 nitrogen and oxygen atoms in total. The largest absolute Gasteiger partial charge is 0.130 e. The summed E-state index contributed by atoms with van der Waals surface area (Å²) in [4.78, 5) is 1.44. The molecule has 4 rings (SSSR count). The molecule has 0 amide bonds. The highest BCUT2D eigenvalue weighted by Crippen LogP contribution is 2.26. The second kappa shape index (κ2) is 4.79. The molecule has 0 aliphatic heterocycles. The zero-order chi connectivity index (χ0) is 14.1. The zero-order valence-electron chi connectivity index (χ0n) is 11.1. The van der Waals surface area contributed by atoms with E-state index in [0.717, 1.165) is 27.5 Å². The summed E-state index contributed by atoms with van der Waals surface area (Å²) >= 11 is 0. The first-order chi connectivity index (χ1) is 10.4. The Kier molecular flexibility index (Phi) is 2.67. The molecular formula is C16H11N5. The monoisotopic (exact) mass is 273 g/mol. The van der Waals surface area contributed by atoms with Crippen molar-refractivity contribution in [2.24, 2.45) is 10.3 Å². The smallest absolute Gasteiger partial charge is 0.117 e. The highest BCUT2D eigenvalue weighted by atomic mass is 15.6. The third-order valence-corrected chi connectivity index (χ3v) is 3.34. The van der Waals surface area contributed by atoms with Crippen molar-refractivity contribution in [3.05, 3.63) is 66.7 Å². The van der Waals surface area contributed by atoms with E-state index in [1.54, 1.807) is 0 Å². The molecule has 3 aromatic carbocycles. The van der Waals surface area contributed by atoms with Crippen molar-refractivity contribution in [1.29, 1.82) is 0 Å². The number of nitrogens with zero attached hydrogens (tertiary/aromatic N) is 5. The number of aromatic nitrogens is 3. The summed E-state index contributed by atoms with van der Waals surface area (Å²) < 4.78 is 0. The standard InChI is InChI=1S/C16H11N5/c1-2-8-13-12(6-1)7-5-10-14(13)17-19-21-16-11-4-3-9-15(16)18-20-21/h1-11H/b19-17+. The number of hydrogen-bond donors (Lipinski definition) is 0. The summed E-state index contributed by atoms with van der Waals surface area (Å²) in [7, 11) is 0. The van der Waals surface area contributed by atoms with Crippen molar-refractivity contribution in [3.63, 3.8) is 0 Å². The van der Waals surface area contributed by atoms with E-state index in [9.17, 15) is 0 Å². The van der Waals surface area contributed by atoms with Crippen LogP contribution in [0, 0.1) is 0 Å². The maximum Gasteiger partial charge on any atom is 0.117 e. The Morgan fingerprint density at radius 1 is 0.810 bits per heavy atom. The summed E-state index contributed by atoms with van der Waals surface area (Å²) in [5.74, 6) is 0. The van der Waals surface area contributed by atoms with Crippen LogP contribution in [-0.2, 0) is 0 Å². The van der Waals surface area contributed by atoms with Crippen molar-refractivity contribution in [3.8, 4) is 0 Å². The predicted octanol–water partition coefficient (Wildman–Crippen LogP) is 4.13. The topological polar surface area (TPSA) is 55.4 Å². The summed E-state index contributed by atoms with van der Waals surface area (Å²) in [6.45, 7) is 0. The SMILES string of the molecule is c1ccc2c(/N=N/n3nnc4ccccc43)cccc2c1. The minimum Gasteiger partial charge on any atom is -0.130 e. The molecule has 0 saturated heterocycles. The summed E-state index contributed by atoms with van der Waals surface area (Å²) in [5, 5.41) is 18.7. The van der Waals surface area contributed by atoms with Gasteiger partial charge >= 0.3 is 0 Å². The minimum absolute atomic E-state index is 0.800. The first-order valence-electron chi connectivity index (χ1n) is 6.62. The fraction of sp³-hybridized carbons (Fsp3) is 0. The lowest BCUT2D eigenvalue weighted by atomic mass is 10.1. The molecule has 0 aliphatic rings. The molecule has 0 atom stereocenters. The van der Waals surface area contributed by atoms with Crippen LogP contribution >= 0.6 is 0 Å². The molecule has 0 radical (unpaired) electrons. The van der Waals surface area contributed by atoms with E-state index in [0.29, 0.717) is 0 Å². The van der Waals surface area contributed by atoms with Gasteiger partial charge in [0.2, 0.25) is 0 Å². The van der Waals surface area contributed by atoms with Crippen molar-refractivity contribution >= 4 is 27.5 Å². The summed E-state index contributed by atoms with van der Waals surface area (Å²) in [6, 6.07) is 21.7. The molecule has 0 spiro atoms. The number of para-hydroxylation sites is 1. The van der Waals surface area contributed by atoms with Crippen LogP contribution < -0.4 is 0 Å². The second-order valence-corrected chi connectivity index (χ2v) is 4.66. The molecule has 5 heteroatoms. The molecular weight excluding hydrogens is 262 g/mol. The number of fused-ring (bicyclic) bond motifs is 2. The van der Waals surface area contributed by atoms with Gasteiger partial charge in [0.25, 0.3) is 0 Å². The quantitative estimate of drug-likeness (QED) is 0.515. The molecule has 4 aromatic rings. The molecule has 0 aliphatic carbocycles. The summed E-state index contributed by atoms with van der Waals surface area (Å²) in [5.41, 5.74) is 2.45. The van der Waals surface area contributed by atoms with Gasteiger partial charge in [0.15, 0.2) is 0 Å². The molecule has 1 aromatic heterocycles. The van der Waals surface area contributed by atoms with Crippen LogP contribution in [0.5, 0.6) is 0 Å². The van der Waals surface area contributed by atoms with Gasteiger partial charge in [-0.1, -0.05) is 48.5 Å². The van der Waals surface area contributed by atoms with Crippen molar-refractivity contribution < 1.29 is 0 Å². The van der Waals surface area contributed by atoms with Gasteiger partial charge in [0.1, 0.15) is 11.0 Å². The van der Waals surface area contributed by atoms with Crippen LogP contribution in [0.3, 0.4) is 0 Å². The molecule has 0 unspecified atom stereocenters. The Hall–Kier alpha value is -3.08. The average molecular weight is 273 g/mol. The van der Waals surface area contributed by atoms with Crippen molar-refractivity contribution in [2.45, 2.75) is 0 Å². The molecule has 0 bridgehead atoms. The maximum absolute atomic E-state index is 4.31. The van der Waals surface area contributed by atoms with Gasteiger partial charge in [-0.25, -0.2) is 0 Å². The summed E-state index contributed by atoms with van der Waals surface area (Å²) in [6.07, 6.45) is 0. The fourth-order valence-electron chi connectivity index (χ4n) is 2.31. The number of benzene rings is 3. The molecule has 100 valence electrons. The van der Waals surface area contributed by atoms with Gasteiger partial charge < -0.3 is 0 Å². The molecule has 1 heterocycles. The van der Waals surface area contributed by atoms with Crippen LogP contribution in [0.1, 0.15) is 0 Å². The average Bonchev–Trinajstić information content (AvgIpc) is 2.96. The predicted molar refractivity (Wildman–Crippen MR) is 81.4 cm³/mol. The second-order valence-electron chi connectivity index (χ2n) is 4.66. The van der Waals surface area contributed by atoms with Gasteiger partial charge in [-0.3, -0.25) is 0 Å². The molecule has 21 heavy (non-hydrogen) atoms. The zero-order valence-corrected chi connectivity index (χ0v) is 11.1. The third kappa shape index (κ3) is 2.04. The van der Waals surface area contributed by atoms with Gasteiger partial charge in [-0.2, -0.15) is 0 Å². The lowest BCUT2D eigenvalue weighted by molar-refractivity contribution is 0.675. The third-order valence-electron chi connectivity index (χ3n) is 3.34. The van der Waals surface area contributed by atoms with Crippen LogP contribution in [0.15, 0.2) is 77.1 Å². The van der Waals surface area contributed by atoms with Crippen molar-refractivity contribution in [2.75, 3.05) is 0 Å². The van der Waals surface area contributed by atoms with Crippen LogP contribution in [0.4, 0.5) is 5.69 Å². The number of rotatable bonds is 2. The Morgan fingerprint density at radius 3 is 2.62 bits per heavy atom. The van der Waals surface area contributed by atoms with E-state index in [1.807, 2.05) is 54.6 Å². The number of hydrogen-bond acceptors (Lipinski definition) is 4. The van der Waals surface area contributed by atoms with E-state index >= 15 is 0 Å².